The summed E-state index contributed by atoms with van der Waals surface area (Å²) in [4.78, 5) is 0. The van der Waals surface area contributed by atoms with Gasteiger partial charge >= 0.3 is 0 Å². The fraction of sp³-hybridized carbons (Fsp3) is 0.0952. The summed E-state index contributed by atoms with van der Waals surface area (Å²) in [6, 6.07) is 29.6. The molecule has 0 aliphatic carbocycles. The molecule has 1 aliphatic rings. The Morgan fingerprint density at radius 1 is 0.792 bits per heavy atom. The maximum atomic E-state index is 4.95. The molecule has 0 fully saturated rings. The van der Waals surface area contributed by atoms with Crippen molar-refractivity contribution in [3.05, 3.63) is 101 Å². The summed E-state index contributed by atoms with van der Waals surface area (Å²) in [5, 5.41) is 7.09. The van der Waals surface area contributed by atoms with Crippen LogP contribution in [0.3, 0.4) is 0 Å². The zero-order valence-corrected chi connectivity index (χ0v) is 14.7. The molecule has 1 heterocycles. The van der Waals surface area contributed by atoms with Gasteiger partial charge in [0, 0.05) is 10.9 Å². The van der Waals surface area contributed by atoms with E-state index >= 15 is 0 Å². The van der Waals surface area contributed by atoms with Gasteiger partial charge in [-0.15, -0.1) is 0 Å². The zero-order valence-electron chi connectivity index (χ0n) is 13.1. The Balaban J connectivity index is 1.74. The SMILES string of the molecule is Brc1ccc([C@@H]2CC(c3ccccc3)=NN2c2ccccc2)cc1. The highest BCUT2D eigenvalue weighted by molar-refractivity contribution is 9.10. The molecule has 2 nitrogen and oxygen atoms in total. The highest BCUT2D eigenvalue weighted by Crippen LogP contribution is 2.36. The van der Waals surface area contributed by atoms with Crippen molar-refractivity contribution in [3.63, 3.8) is 0 Å². The second kappa shape index (κ2) is 6.62. The highest BCUT2D eigenvalue weighted by Gasteiger charge is 2.29. The lowest BCUT2D eigenvalue weighted by Crippen LogP contribution is -2.18. The van der Waals surface area contributed by atoms with Crippen molar-refractivity contribution in [2.75, 3.05) is 5.01 Å². The molecule has 3 aromatic carbocycles. The van der Waals surface area contributed by atoms with Gasteiger partial charge in [0.2, 0.25) is 0 Å². The quantitative estimate of drug-likeness (QED) is 0.563. The number of halogens is 1. The van der Waals surface area contributed by atoms with Crippen LogP contribution in [0, 0.1) is 0 Å². The van der Waals surface area contributed by atoms with Gasteiger partial charge in [0.25, 0.3) is 0 Å². The van der Waals surface area contributed by atoms with Crippen molar-refractivity contribution >= 4 is 27.3 Å². The predicted molar refractivity (Wildman–Crippen MR) is 103 cm³/mol. The molecule has 0 spiro atoms. The van der Waals surface area contributed by atoms with E-state index in [0.717, 1.165) is 22.3 Å². The Labute approximate surface area is 150 Å². The van der Waals surface area contributed by atoms with E-state index in [0.29, 0.717) is 0 Å². The second-order valence-corrected chi connectivity index (χ2v) is 6.78. The van der Waals surface area contributed by atoms with E-state index in [2.05, 4.69) is 93.7 Å². The van der Waals surface area contributed by atoms with E-state index in [1.165, 1.54) is 11.1 Å². The summed E-state index contributed by atoms with van der Waals surface area (Å²) in [7, 11) is 0. The lowest BCUT2D eigenvalue weighted by molar-refractivity contribution is 0.709. The van der Waals surface area contributed by atoms with E-state index in [9.17, 15) is 0 Å². The highest BCUT2D eigenvalue weighted by atomic mass is 79.9. The van der Waals surface area contributed by atoms with Crippen molar-refractivity contribution in [2.24, 2.45) is 5.10 Å². The van der Waals surface area contributed by atoms with Crippen LogP contribution in [0.2, 0.25) is 0 Å². The molecule has 0 aromatic heterocycles. The smallest absolute Gasteiger partial charge is 0.0831 e. The third-order valence-corrected chi connectivity index (χ3v) is 4.82. The first-order valence-electron chi connectivity index (χ1n) is 8.04. The molecule has 0 unspecified atom stereocenters. The molecular weight excluding hydrogens is 360 g/mol. The van der Waals surface area contributed by atoms with Gasteiger partial charge in [0.15, 0.2) is 0 Å². The van der Waals surface area contributed by atoms with E-state index in [4.69, 9.17) is 5.10 Å². The number of hydrogen-bond donors (Lipinski definition) is 0. The molecule has 0 N–H and O–H groups in total. The van der Waals surface area contributed by atoms with Crippen molar-refractivity contribution in [2.45, 2.75) is 12.5 Å². The van der Waals surface area contributed by atoms with Crippen LogP contribution in [0.5, 0.6) is 0 Å². The van der Waals surface area contributed by atoms with Crippen LogP contribution in [0.25, 0.3) is 0 Å². The first-order valence-corrected chi connectivity index (χ1v) is 8.83. The number of hydrazone groups is 1. The largest absolute Gasteiger partial charge is 0.257 e. The lowest BCUT2D eigenvalue weighted by atomic mass is 9.98. The molecule has 1 atom stereocenters. The van der Waals surface area contributed by atoms with E-state index < -0.39 is 0 Å². The molecule has 118 valence electrons. The maximum Gasteiger partial charge on any atom is 0.0831 e. The molecule has 3 heteroatoms. The van der Waals surface area contributed by atoms with Crippen LogP contribution >= 0.6 is 15.9 Å². The average Bonchev–Trinajstić information content (AvgIpc) is 3.09. The Hall–Kier alpha value is -2.39. The number of hydrogen-bond acceptors (Lipinski definition) is 2. The first kappa shape index (κ1) is 15.2. The molecule has 0 bridgehead atoms. The molecule has 24 heavy (non-hydrogen) atoms. The summed E-state index contributed by atoms with van der Waals surface area (Å²) in [6.45, 7) is 0. The standard InChI is InChI=1S/C21H17BrN2/c22-18-13-11-17(12-14-18)21-15-20(16-7-3-1-4-8-16)23-24(21)19-9-5-2-6-10-19/h1-14,21H,15H2/t21-/m0/s1. The summed E-state index contributed by atoms with van der Waals surface area (Å²) < 4.78 is 1.10. The Morgan fingerprint density at radius 2 is 1.42 bits per heavy atom. The maximum absolute atomic E-state index is 4.95. The zero-order chi connectivity index (χ0) is 16.4. The fourth-order valence-electron chi connectivity index (χ4n) is 3.08. The van der Waals surface area contributed by atoms with Gasteiger partial charge in [-0.2, -0.15) is 5.10 Å². The van der Waals surface area contributed by atoms with E-state index in [1.807, 2.05) is 12.1 Å². The van der Waals surface area contributed by atoms with Gasteiger partial charge in [-0.1, -0.05) is 76.6 Å². The minimum Gasteiger partial charge on any atom is -0.257 e. The monoisotopic (exact) mass is 376 g/mol. The third kappa shape index (κ3) is 3.00. The van der Waals surface area contributed by atoms with Gasteiger partial charge in [-0.25, -0.2) is 0 Å². The number of nitrogens with zero attached hydrogens (tertiary/aromatic N) is 2. The van der Waals surface area contributed by atoms with Crippen LogP contribution in [0.1, 0.15) is 23.6 Å². The van der Waals surface area contributed by atoms with Crippen molar-refractivity contribution in [1.29, 1.82) is 0 Å². The molecule has 3 aromatic rings. The fourth-order valence-corrected chi connectivity index (χ4v) is 3.34. The summed E-state index contributed by atoms with van der Waals surface area (Å²) >= 11 is 3.52. The minimum atomic E-state index is 0.218. The van der Waals surface area contributed by atoms with Gasteiger partial charge in [-0.3, -0.25) is 5.01 Å². The Kier molecular flexibility index (Phi) is 4.18. The third-order valence-electron chi connectivity index (χ3n) is 4.29. The lowest BCUT2D eigenvalue weighted by Gasteiger charge is -2.24. The molecular formula is C21H17BrN2. The Bertz CT molecular complexity index is 842. The number of para-hydroxylation sites is 1. The van der Waals surface area contributed by atoms with Gasteiger partial charge in [0.05, 0.1) is 17.4 Å². The molecule has 0 saturated carbocycles. The van der Waals surface area contributed by atoms with Crippen LogP contribution < -0.4 is 5.01 Å². The normalized spacial score (nSPS) is 17.0. The van der Waals surface area contributed by atoms with Gasteiger partial charge in [-0.05, 0) is 35.4 Å². The molecule has 1 aliphatic heterocycles. The molecule has 0 amide bonds. The van der Waals surface area contributed by atoms with Crippen LogP contribution in [0.15, 0.2) is 94.5 Å². The second-order valence-electron chi connectivity index (χ2n) is 5.86. The summed E-state index contributed by atoms with van der Waals surface area (Å²) in [5.41, 5.74) is 4.72. The van der Waals surface area contributed by atoms with E-state index in [-0.39, 0.29) is 6.04 Å². The van der Waals surface area contributed by atoms with Crippen molar-refractivity contribution < 1.29 is 0 Å². The first-order chi connectivity index (χ1) is 11.8. The number of benzene rings is 3. The molecule has 0 saturated heterocycles. The van der Waals surface area contributed by atoms with Crippen molar-refractivity contribution in [1.82, 2.24) is 0 Å². The average molecular weight is 377 g/mol. The summed E-state index contributed by atoms with van der Waals surface area (Å²) in [6.07, 6.45) is 0.903. The van der Waals surface area contributed by atoms with Crippen molar-refractivity contribution in [3.8, 4) is 0 Å². The number of rotatable bonds is 3. The Morgan fingerprint density at radius 3 is 2.08 bits per heavy atom. The molecule has 0 radical (unpaired) electrons. The van der Waals surface area contributed by atoms with Crippen LogP contribution in [-0.2, 0) is 0 Å². The minimum absolute atomic E-state index is 0.218. The van der Waals surface area contributed by atoms with E-state index in [1.54, 1.807) is 0 Å². The topological polar surface area (TPSA) is 15.6 Å². The van der Waals surface area contributed by atoms with Crippen LogP contribution in [-0.4, -0.2) is 5.71 Å². The van der Waals surface area contributed by atoms with Gasteiger partial charge in [0.1, 0.15) is 0 Å². The summed E-state index contributed by atoms with van der Waals surface area (Å²) in [5.74, 6) is 0. The van der Waals surface area contributed by atoms with Crippen LogP contribution in [0.4, 0.5) is 5.69 Å². The number of anilines is 1. The molecule has 4 rings (SSSR count). The predicted octanol–water partition coefficient (Wildman–Crippen LogP) is 5.80. The van der Waals surface area contributed by atoms with Gasteiger partial charge < -0.3 is 0 Å².